The van der Waals surface area contributed by atoms with Crippen LogP contribution >= 0.6 is 0 Å². The standard InChI is InChI=1S/C32H40N8O4/c1-19-8-7-11-43-29-24(15-33-38(29)6)26-13-21(12-20(2)34-26)28(41)37-30-36-25-10-9-22(14-27(25)40(30)16-19)35-23-17-39(18-23)31(42)44-32(3,4)5/h9-10,12-15,19,23,35H,7-8,11,16-18H2,1-6H3,(H,36,37,41)/t19-/m1/s1. The van der Waals surface area contributed by atoms with Gasteiger partial charge in [-0.15, -0.1) is 0 Å². The molecule has 2 amide bonds. The number of nitrogens with zero attached hydrogens (tertiary/aromatic N) is 6. The van der Waals surface area contributed by atoms with Gasteiger partial charge < -0.3 is 24.3 Å². The second-order valence-corrected chi connectivity index (χ2v) is 12.9. The van der Waals surface area contributed by atoms with Gasteiger partial charge in [-0.25, -0.2) is 14.5 Å². The van der Waals surface area contributed by atoms with Crippen LogP contribution in [0.5, 0.6) is 5.88 Å². The number of imidazole rings is 1. The zero-order chi connectivity index (χ0) is 31.2. The van der Waals surface area contributed by atoms with Crippen LogP contribution in [0, 0.1) is 12.8 Å². The second-order valence-electron chi connectivity index (χ2n) is 12.9. The summed E-state index contributed by atoms with van der Waals surface area (Å²) in [6.45, 7) is 12.0. The van der Waals surface area contributed by atoms with E-state index in [0.29, 0.717) is 60.9 Å². The summed E-state index contributed by atoms with van der Waals surface area (Å²) in [6.07, 6.45) is 3.21. The lowest BCUT2D eigenvalue weighted by Crippen LogP contribution is -2.57. The van der Waals surface area contributed by atoms with Crippen LogP contribution in [0.4, 0.5) is 16.4 Å². The van der Waals surface area contributed by atoms with Gasteiger partial charge >= 0.3 is 6.09 Å². The molecule has 1 fully saturated rings. The molecule has 6 rings (SSSR count). The Bertz CT molecular complexity index is 1710. The Kier molecular flexibility index (Phi) is 7.68. The predicted octanol–water partition coefficient (Wildman–Crippen LogP) is 5.23. The largest absolute Gasteiger partial charge is 0.477 e. The van der Waals surface area contributed by atoms with Gasteiger partial charge in [0.05, 0.1) is 41.1 Å². The Balaban J connectivity index is 1.28. The number of carbonyl (C=O) groups excluding carboxylic acids is 2. The Hall–Kier alpha value is -4.61. The summed E-state index contributed by atoms with van der Waals surface area (Å²) in [6, 6.07) is 9.67. The van der Waals surface area contributed by atoms with Crippen LogP contribution in [-0.4, -0.2) is 72.6 Å². The Morgan fingerprint density at radius 2 is 1.93 bits per heavy atom. The van der Waals surface area contributed by atoms with Crippen molar-refractivity contribution in [1.82, 2.24) is 29.2 Å². The van der Waals surface area contributed by atoms with Crippen LogP contribution in [0.25, 0.3) is 22.3 Å². The number of anilines is 2. The van der Waals surface area contributed by atoms with Crippen molar-refractivity contribution >= 4 is 34.7 Å². The van der Waals surface area contributed by atoms with Crippen molar-refractivity contribution in [1.29, 1.82) is 0 Å². The average molecular weight is 601 g/mol. The van der Waals surface area contributed by atoms with E-state index in [9.17, 15) is 9.59 Å². The second kappa shape index (κ2) is 11.5. The van der Waals surface area contributed by atoms with Gasteiger partial charge in [-0.05, 0) is 76.8 Å². The number of benzene rings is 1. The molecular formula is C32H40N8O4. The smallest absolute Gasteiger partial charge is 0.410 e. The first-order valence-corrected chi connectivity index (χ1v) is 15.1. The van der Waals surface area contributed by atoms with E-state index < -0.39 is 5.60 Å². The highest BCUT2D eigenvalue weighted by Crippen LogP contribution is 2.31. The first-order valence-electron chi connectivity index (χ1n) is 15.1. The molecule has 2 aliphatic heterocycles. The molecule has 2 bridgehead atoms. The monoisotopic (exact) mass is 600 g/mol. The van der Waals surface area contributed by atoms with Crippen molar-refractivity contribution in [3.05, 3.63) is 47.8 Å². The van der Waals surface area contributed by atoms with E-state index in [2.05, 4.69) is 38.3 Å². The van der Waals surface area contributed by atoms with E-state index in [4.69, 9.17) is 14.5 Å². The number of hydrogen-bond donors (Lipinski definition) is 2. The number of amides is 2. The van der Waals surface area contributed by atoms with Gasteiger partial charge in [-0.3, -0.25) is 15.1 Å². The lowest BCUT2D eigenvalue weighted by molar-refractivity contribution is 0.0105. The first kappa shape index (κ1) is 29.5. The predicted molar refractivity (Wildman–Crippen MR) is 168 cm³/mol. The molecule has 2 N–H and O–H groups in total. The zero-order valence-electron chi connectivity index (χ0n) is 26.2. The molecule has 4 aromatic rings. The van der Waals surface area contributed by atoms with Crippen molar-refractivity contribution in [2.75, 3.05) is 30.3 Å². The molecule has 2 aliphatic rings. The number of aryl methyl sites for hydroxylation is 2. The molecule has 1 atom stereocenters. The summed E-state index contributed by atoms with van der Waals surface area (Å²) < 4.78 is 15.5. The van der Waals surface area contributed by atoms with Gasteiger partial charge in [0.25, 0.3) is 5.91 Å². The van der Waals surface area contributed by atoms with Crippen molar-refractivity contribution in [2.45, 2.75) is 65.6 Å². The van der Waals surface area contributed by atoms with E-state index in [0.717, 1.165) is 35.1 Å². The van der Waals surface area contributed by atoms with Gasteiger partial charge in [-0.2, -0.15) is 5.10 Å². The first-order chi connectivity index (χ1) is 20.9. The highest BCUT2D eigenvalue weighted by molar-refractivity contribution is 6.05. The van der Waals surface area contributed by atoms with Gasteiger partial charge in [0.15, 0.2) is 0 Å². The molecule has 12 heteroatoms. The fourth-order valence-corrected chi connectivity index (χ4v) is 5.66. The van der Waals surface area contributed by atoms with E-state index in [1.807, 2.05) is 46.9 Å². The highest BCUT2D eigenvalue weighted by Gasteiger charge is 2.33. The molecular weight excluding hydrogens is 560 g/mol. The summed E-state index contributed by atoms with van der Waals surface area (Å²) >= 11 is 0. The van der Waals surface area contributed by atoms with Gasteiger partial charge in [0, 0.05) is 43.6 Å². The Labute approximate surface area is 256 Å². The maximum atomic E-state index is 13.6. The highest BCUT2D eigenvalue weighted by atomic mass is 16.6. The number of likely N-dealkylation sites (tertiary alicyclic amines) is 1. The number of hydrogen-bond acceptors (Lipinski definition) is 8. The average Bonchev–Trinajstić information content (AvgIpc) is 3.45. The fourth-order valence-electron chi connectivity index (χ4n) is 5.66. The van der Waals surface area contributed by atoms with Crippen LogP contribution < -0.4 is 15.4 Å². The number of rotatable bonds is 2. The van der Waals surface area contributed by atoms with Gasteiger partial charge in [0.1, 0.15) is 5.60 Å². The third-order valence-electron chi connectivity index (χ3n) is 7.83. The quantitative estimate of drug-likeness (QED) is 0.320. The summed E-state index contributed by atoms with van der Waals surface area (Å²) in [5.41, 5.74) is 4.69. The van der Waals surface area contributed by atoms with Crippen LogP contribution in [0.2, 0.25) is 0 Å². The third kappa shape index (κ3) is 6.20. The molecule has 5 heterocycles. The number of fused-ring (bicyclic) bond motifs is 7. The zero-order valence-corrected chi connectivity index (χ0v) is 26.2. The molecule has 232 valence electrons. The van der Waals surface area contributed by atoms with E-state index in [-0.39, 0.29) is 18.0 Å². The number of nitrogens with one attached hydrogen (secondary N) is 2. The molecule has 1 saturated heterocycles. The van der Waals surface area contributed by atoms with Gasteiger partial charge in [0.2, 0.25) is 11.8 Å². The van der Waals surface area contributed by atoms with Crippen LogP contribution in [0.3, 0.4) is 0 Å². The minimum atomic E-state index is -0.520. The maximum absolute atomic E-state index is 13.6. The summed E-state index contributed by atoms with van der Waals surface area (Å²) in [5, 5.41) is 11.0. The lowest BCUT2D eigenvalue weighted by atomic mass is 10.1. The van der Waals surface area contributed by atoms with Crippen molar-refractivity contribution in [3.8, 4) is 17.1 Å². The lowest BCUT2D eigenvalue weighted by Gasteiger charge is -2.40. The third-order valence-corrected chi connectivity index (χ3v) is 7.83. The van der Waals surface area contributed by atoms with E-state index >= 15 is 0 Å². The molecule has 44 heavy (non-hydrogen) atoms. The van der Waals surface area contributed by atoms with Crippen molar-refractivity contribution in [2.24, 2.45) is 13.0 Å². The molecule has 12 nitrogen and oxygen atoms in total. The number of ether oxygens (including phenoxy) is 2. The maximum Gasteiger partial charge on any atom is 0.410 e. The Morgan fingerprint density at radius 3 is 2.70 bits per heavy atom. The number of carbonyl (C=O) groups is 2. The summed E-state index contributed by atoms with van der Waals surface area (Å²) in [7, 11) is 1.84. The Morgan fingerprint density at radius 1 is 1.14 bits per heavy atom. The summed E-state index contributed by atoms with van der Waals surface area (Å²) in [4.78, 5) is 37.2. The number of aromatic nitrogens is 5. The van der Waals surface area contributed by atoms with Crippen LogP contribution in [-0.2, 0) is 18.3 Å². The molecule has 0 aliphatic carbocycles. The normalized spacial score (nSPS) is 17.8. The van der Waals surface area contributed by atoms with E-state index in [1.165, 1.54) is 0 Å². The molecule has 1 aromatic carbocycles. The topological polar surface area (TPSA) is 128 Å². The minimum Gasteiger partial charge on any atom is -0.477 e. The minimum absolute atomic E-state index is 0.118. The molecule has 0 spiro atoms. The molecule has 0 saturated carbocycles. The fraction of sp³-hybridized carbons (Fsp3) is 0.469. The van der Waals surface area contributed by atoms with Crippen LogP contribution in [0.15, 0.2) is 36.5 Å². The SMILES string of the molecule is Cc1cc2cc(n1)-c1cnn(C)c1OCCC[C@@H](C)Cn1c(nc3ccc(NC4CN(C(=O)OC(C)(C)C)C4)cc31)NC2=O. The number of pyridine rings is 1. The van der Waals surface area contributed by atoms with E-state index in [1.54, 1.807) is 27.9 Å². The van der Waals surface area contributed by atoms with Crippen LogP contribution in [0.1, 0.15) is 56.6 Å². The molecule has 0 unspecified atom stereocenters. The molecule has 3 aromatic heterocycles. The van der Waals surface area contributed by atoms with Gasteiger partial charge in [-0.1, -0.05) is 6.92 Å². The van der Waals surface area contributed by atoms with Crippen molar-refractivity contribution < 1.29 is 19.1 Å². The molecule has 0 radical (unpaired) electrons. The summed E-state index contributed by atoms with van der Waals surface area (Å²) in [5.74, 6) is 1.16. The van der Waals surface area contributed by atoms with Crippen molar-refractivity contribution in [3.63, 3.8) is 0 Å².